The van der Waals surface area contributed by atoms with Crippen molar-refractivity contribution in [3.8, 4) is 0 Å². The third-order valence-electron chi connectivity index (χ3n) is 1.69. The van der Waals surface area contributed by atoms with Gasteiger partial charge in [-0.15, -0.1) is 0 Å². The minimum atomic E-state index is -2.69. The van der Waals surface area contributed by atoms with Crippen molar-refractivity contribution in [2.75, 3.05) is 0 Å². The molecule has 0 saturated carbocycles. The van der Waals surface area contributed by atoms with E-state index in [0.29, 0.717) is 0 Å². The van der Waals surface area contributed by atoms with E-state index in [1.165, 1.54) is 13.8 Å². The molecule has 0 aliphatic carbocycles. The minimum Gasteiger partial charge on any atom is -0.247 e. The quantitative estimate of drug-likeness (QED) is 0.423. The average Bonchev–Trinajstić information content (AvgIpc) is 2.12. The van der Waals surface area contributed by atoms with Crippen molar-refractivity contribution in [2.45, 2.75) is 34.1 Å². The van der Waals surface area contributed by atoms with Crippen molar-refractivity contribution < 1.29 is 27.8 Å². The summed E-state index contributed by atoms with van der Waals surface area (Å²) in [5.74, 6) is -2.35. The summed E-state index contributed by atoms with van der Waals surface area (Å²) >= 11 is 0. The van der Waals surface area contributed by atoms with Crippen LogP contribution in [0.2, 0.25) is 0 Å². The van der Waals surface area contributed by atoms with E-state index in [1.54, 1.807) is 13.8 Å². The molecule has 0 saturated heterocycles. The molecule has 0 heterocycles. The third kappa shape index (κ3) is 6.06. The first-order valence-electron chi connectivity index (χ1n) is 5.13. The second-order valence-electron chi connectivity index (χ2n) is 4.18. The molecule has 0 fully saturated rings. The van der Waals surface area contributed by atoms with E-state index in [2.05, 4.69) is 9.78 Å². The highest BCUT2D eigenvalue weighted by Gasteiger charge is 2.22. The first kappa shape index (κ1) is 15.6. The van der Waals surface area contributed by atoms with Gasteiger partial charge in [0.15, 0.2) is 4.86 Å². The standard InChI is InChI=1S/C10H16O6S/c1-6(2)5-8(11)15-16-10(12)9(7(3)4)17(13)14/h6-7H,5H2,1-4H3. The fraction of sp³-hybridized carbons (Fsp3) is 0.700. The number of carbonyl (C=O) groups excluding carboxylic acids is 2. The molecule has 0 rings (SSSR count). The molecule has 17 heavy (non-hydrogen) atoms. The molecule has 0 unspecified atom stereocenters. The van der Waals surface area contributed by atoms with Gasteiger partial charge in [0.05, 0.1) is 6.42 Å². The van der Waals surface area contributed by atoms with Gasteiger partial charge in [0.25, 0.3) is 0 Å². The van der Waals surface area contributed by atoms with Crippen LogP contribution < -0.4 is 0 Å². The van der Waals surface area contributed by atoms with E-state index in [-0.39, 0.29) is 12.3 Å². The molecule has 0 spiro atoms. The lowest BCUT2D eigenvalue weighted by molar-refractivity contribution is -0.253. The zero-order valence-corrected chi connectivity index (χ0v) is 11.0. The average molecular weight is 264 g/mol. The molecule has 0 aromatic carbocycles. The largest absolute Gasteiger partial charge is 0.397 e. The summed E-state index contributed by atoms with van der Waals surface area (Å²) < 4.78 is 21.5. The van der Waals surface area contributed by atoms with E-state index >= 15 is 0 Å². The topological polar surface area (TPSA) is 86.7 Å². The monoisotopic (exact) mass is 264 g/mol. The van der Waals surface area contributed by atoms with Crippen LogP contribution in [0.1, 0.15) is 34.1 Å². The van der Waals surface area contributed by atoms with Crippen LogP contribution in [-0.4, -0.2) is 25.2 Å². The van der Waals surface area contributed by atoms with E-state index in [4.69, 9.17) is 0 Å². The molecule has 0 aliphatic heterocycles. The van der Waals surface area contributed by atoms with Gasteiger partial charge in [-0.25, -0.2) is 19.4 Å². The van der Waals surface area contributed by atoms with Crippen LogP contribution in [0.25, 0.3) is 0 Å². The summed E-state index contributed by atoms with van der Waals surface area (Å²) in [6, 6.07) is 0. The molecule has 0 N–H and O–H groups in total. The molecular formula is C10H16O6S. The highest BCUT2D eigenvalue weighted by Crippen LogP contribution is 2.03. The second-order valence-corrected chi connectivity index (χ2v) is 5.09. The Labute approximate surface area is 101 Å². The Morgan fingerprint density at radius 3 is 1.94 bits per heavy atom. The van der Waals surface area contributed by atoms with Crippen LogP contribution in [0.15, 0.2) is 0 Å². The number of carbonyl (C=O) groups is 2. The van der Waals surface area contributed by atoms with Crippen LogP contribution in [0.5, 0.6) is 0 Å². The van der Waals surface area contributed by atoms with Gasteiger partial charge in [-0.1, -0.05) is 27.7 Å². The fourth-order valence-electron chi connectivity index (χ4n) is 0.989. The van der Waals surface area contributed by atoms with Crippen molar-refractivity contribution in [1.29, 1.82) is 0 Å². The van der Waals surface area contributed by atoms with Crippen molar-refractivity contribution in [2.24, 2.45) is 11.8 Å². The van der Waals surface area contributed by atoms with Gasteiger partial charge in [-0.05, 0) is 5.92 Å². The van der Waals surface area contributed by atoms with Crippen molar-refractivity contribution in [3.05, 3.63) is 0 Å². The minimum absolute atomic E-state index is 0.0587. The molecule has 7 heteroatoms. The van der Waals surface area contributed by atoms with Crippen LogP contribution in [0.3, 0.4) is 0 Å². The zero-order chi connectivity index (χ0) is 13.6. The highest BCUT2D eigenvalue weighted by molar-refractivity contribution is 7.74. The number of rotatable bonds is 4. The first-order valence-corrected chi connectivity index (χ1v) is 6.21. The van der Waals surface area contributed by atoms with Gasteiger partial charge in [0.1, 0.15) is 0 Å². The number of hydrogen-bond donors (Lipinski definition) is 0. The molecule has 0 bridgehead atoms. The lowest BCUT2D eigenvalue weighted by Gasteiger charge is -2.06. The van der Waals surface area contributed by atoms with E-state index in [9.17, 15) is 18.0 Å². The second kappa shape index (κ2) is 7.05. The van der Waals surface area contributed by atoms with Gasteiger partial charge in [-0.2, -0.15) is 8.42 Å². The Morgan fingerprint density at radius 2 is 1.59 bits per heavy atom. The van der Waals surface area contributed by atoms with Crippen molar-refractivity contribution in [1.82, 2.24) is 0 Å². The normalized spacial score (nSPS) is 10.2. The van der Waals surface area contributed by atoms with Gasteiger partial charge in [0.2, 0.25) is 10.3 Å². The molecule has 6 nitrogen and oxygen atoms in total. The Hall–Kier alpha value is -1.37. The smallest absolute Gasteiger partial charge is 0.247 e. The third-order valence-corrected chi connectivity index (χ3v) is 2.69. The molecule has 0 radical (unpaired) electrons. The number of hydrogen-bond acceptors (Lipinski definition) is 6. The Balaban J connectivity index is 4.47. The molecular weight excluding hydrogens is 248 g/mol. The van der Waals surface area contributed by atoms with E-state index in [0.717, 1.165) is 0 Å². The van der Waals surface area contributed by atoms with Gasteiger partial charge >= 0.3 is 11.9 Å². The van der Waals surface area contributed by atoms with Gasteiger partial charge < -0.3 is 0 Å². The molecule has 0 atom stereocenters. The SMILES string of the molecule is CC(C)CC(=O)OOC(=O)C(C(C)C)=S(=O)=O. The summed E-state index contributed by atoms with van der Waals surface area (Å²) in [5.41, 5.74) is 0. The molecule has 0 amide bonds. The van der Waals surface area contributed by atoms with Gasteiger partial charge in [-0.3, -0.25) is 0 Å². The predicted octanol–water partition coefficient (Wildman–Crippen LogP) is 0.741. The molecule has 0 aliphatic rings. The van der Waals surface area contributed by atoms with Crippen LogP contribution in [-0.2, 0) is 29.7 Å². The lowest BCUT2D eigenvalue weighted by atomic mass is 10.1. The zero-order valence-electron chi connectivity index (χ0n) is 10.2. The van der Waals surface area contributed by atoms with Crippen LogP contribution >= 0.6 is 0 Å². The summed E-state index contributed by atoms with van der Waals surface area (Å²) in [7, 11) is -2.69. The van der Waals surface area contributed by atoms with Crippen molar-refractivity contribution >= 4 is 27.1 Å². The van der Waals surface area contributed by atoms with E-state index < -0.39 is 33.0 Å². The van der Waals surface area contributed by atoms with Crippen molar-refractivity contribution in [3.63, 3.8) is 0 Å². The summed E-state index contributed by atoms with van der Waals surface area (Å²) in [6.07, 6.45) is 0.0881. The maximum Gasteiger partial charge on any atom is 0.397 e. The summed E-state index contributed by atoms with van der Waals surface area (Å²) in [6.45, 7) is 6.62. The maximum absolute atomic E-state index is 11.3. The summed E-state index contributed by atoms with van der Waals surface area (Å²) in [4.78, 5) is 30.3. The highest BCUT2D eigenvalue weighted by atomic mass is 32.2. The first-order chi connectivity index (χ1) is 7.75. The maximum atomic E-state index is 11.3. The Morgan fingerprint density at radius 1 is 1.06 bits per heavy atom. The van der Waals surface area contributed by atoms with Crippen LogP contribution in [0.4, 0.5) is 0 Å². The predicted molar refractivity (Wildman–Crippen MR) is 60.4 cm³/mol. The molecule has 0 aromatic heterocycles. The fourth-order valence-corrected chi connectivity index (χ4v) is 1.54. The Bertz CT molecular complexity index is 410. The molecule has 0 aromatic rings. The van der Waals surface area contributed by atoms with E-state index in [1.807, 2.05) is 0 Å². The Kier molecular flexibility index (Phi) is 6.48. The van der Waals surface area contributed by atoms with Gasteiger partial charge in [0, 0.05) is 5.92 Å². The molecule has 98 valence electrons. The summed E-state index contributed by atoms with van der Waals surface area (Å²) in [5, 5.41) is 0. The van der Waals surface area contributed by atoms with Crippen LogP contribution in [0, 0.1) is 11.8 Å². The lowest BCUT2D eigenvalue weighted by Crippen LogP contribution is -2.25.